The third-order valence-corrected chi connectivity index (χ3v) is 3.16. The summed E-state index contributed by atoms with van der Waals surface area (Å²) in [6, 6.07) is 10.2. The average Bonchev–Trinajstić information content (AvgIpc) is 2.43. The number of benzene rings is 1. The van der Waals surface area contributed by atoms with Gasteiger partial charge < -0.3 is 10.6 Å². The minimum Gasteiger partial charge on any atom is -0.392 e. The fourth-order valence-corrected chi connectivity index (χ4v) is 1.94. The minimum absolute atomic E-state index is 1.04. The first kappa shape index (κ1) is 15.4. The first-order valence-corrected chi connectivity index (χ1v) is 7.07. The highest BCUT2D eigenvalue weighted by Crippen LogP contribution is 2.14. The number of allylic oxidation sites excluding steroid dienone is 2. The van der Waals surface area contributed by atoms with Crippen LogP contribution in [0.1, 0.15) is 38.5 Å². The van der Waals surface area contributed by atoms with Gasteiger partial charge in [-0.2, -0.15) is 0 Å². The number of hydrogen-bond donors (Lipinski definition) is 2. The number of nitrogens with one attached hydrogen (secondary N) is 2. The van der Waals surface area contributed by atoms with Gasteiger partial charge in [0.1, 0.15) is 0 Å². The molecule has 2 heteroatoms. The summed E-state index contributed by atoms with van der Waals surface area (Å²) in [6.07, 6.45) is 7.07. The molecule has 19 heavy (non-hydrogen) atoms. The second kappa shape index (κ2) is 9.26. The summed E-state index contributed by atoms with van der Waals surface area (Å²) in [7, 11) is 1.93. The molecule has 0 aliphatic heterocycles. The zero-order valence-corrected chi connectivity index (χ0v) is 12.0. The van der Waals surface area contributed by atoms with Crippen LogP contribution in [0.3, 0.4) is 0 Å². The summed E-state index contributed by atoms with van der Waals surface area (Å²) in [6.45, 7) is 8.00. The fraction of sp³-hybridized carbons (Fsp3) is 0.412. The molecular formula is C17H26N2. The van der Waals surface area contributed by atoms with E-state index in [-0.39, 0.29) is 0 Å². The Hall–Kier alpha value is -1.70. The average molecular weight is 258 g/mol. The molecule has 1 aromatic rings. The van der Waals surface area contributed by atoms with Gasteiger partial charge in [-0.15, -0.1) is 0 Å². The summed E-state index contributed by atoms with van der Waals surface area (Å²) in [4.78, 5) is 0. The van der Waals surface area contributed by atoms with Gasteiger partial charge in [-0.3, -0.25) is 0 Å². The van der Waals surface area contributed by atoms with Crippen LogP contribution in [-0.4, -0.2) is 7.05 Å². The van der Waals surface area contributed by atoms with Crippen molar-refractivity contribution in [1.29, 1.82) is 0 Å². The molecule has 0 unspecified atom stereocenters. The molecule has 2 N–H and O–H groups in total. The summed E-state index contributed by atoms with van der Waals surface area (Å²) in [5, 5.41) is 6.42. The van der Waals surface area contributed by atoms with Gasteiger partial charge >= 0.3 is 0 Å². The van der Waals surface area contributed by atoms with Crippen molar-refractivity contribution in [2.75, 3.05) is 12.4 Å². The molecule has 0 aliphatic rings. The lowest BCUT2D eigenvalue weighted by Crippen LogP contribution is -2.03. The molecule has 1 aromatic carbocycles. The van der Waals surface area contributed by atoms with Crippen LogP contribution < -0.4 is 10.6 Å². The Bertz CT molecular complexity index is 382. The zero-order valence-electron chi connectivity index (χ0n) is 12.0. The molecule has 0 radical (unpaired) electrons. The summed E-state index contributed by atoms with van der Waals surface area (Å²) >= 11 is 0. The fourth-order valence-electron chi connectivity index (χ4n) is 1.94. The van der Waals surface area contributed by atoms with E-state index in [2.05, 4.69) is 35.9 Å². The monoisotopic (exact) mass is 258 g/mol. The molecule has 0 fully saturated rings. The summed E-state index contributed by atoms with van der Waals surface area (Å²) in [5.74, 6) is 0. The van der Waals surface area contributed by atoms with E-state index in [0.29, 0.717) is 0 Å². The van der Waals surface area contributed by atoms with Crippen LogP contribution in [-0.2, 0) is 0 Å². The van der Waals surface area contributed by atoms with E-state index >= 15 is 0 Å². The predicted molar refractivity (Wildman–Crippen MR) is 85.1 cm³/mol. The van der Waals surface area contributed by atoms with E-state index < -0.39 is 0 Å². The molecule has 0 amide bonds. The van der Waals surface area contributed by atoms with Crippen LogP contribution in [0.2, 0.25) is 0 Å². The van der Waals surface area contributed by atoms with Crippen molar-refractivity contribution >= 4 is 5.69 Å². The van der Waals surface area contributed by atoms with Gasteiger partial charge in [0.25, 0.3) is 0 Å². The van der Waals surface area contributed by atoms with E-state index in [1.807, 2.05) is 25.2 Å². The second-order valence-electron chi connectivity index (χ2n) is 4.86. The van der Waals surface area contributed by atoms with Gasteiger partial charge in [0, 0.05) is 24.1 Å². The van der Waals surface area contributed by atoms with Crippen LogP contribution in [0, 0.1) is 0 Å². The van der Waals surface area contributed by atoms with Crippen LogP contribution >= 0.6 is 0 Å². The third kappa shape index (κ3) is 7.35. The third-order valence-electron chi connectivity index (χ3n) is 3.16. The van der Waals surface area contributed by atoms with E-state index in [9.17, 15) is 0 Å². The van der Waals surface area contributed by atoms with Crippen molar-refractivity contribution in [3.05, 3.63) is 54.9 Å². The van der Waals surface area contributed by atoms with Crippen LogP contribution in [0.4, 0.5) is 5.69 Å². The lowest BCUT2D eigenvalue weighted by atomic mass is 10.1. The van der Waals surface area contributed by atoms with E-state index in [4.69, 9.17) is 0 Å². The van der Waals surface area contributed by atoms with Gasteiger partial charge in [0.05, 0.1) is 0 Å². The summed E-state index contributed by atoms with van der Waals surface area (Å²) < 4.78 is 0. The van der Waals surface area contributed by atoms with Crippen LogP contribution in [0.25, 0.3) is 0 Å². The molecule has 1 rings (SSSR count). The van der Waals surface area contributed by atoms with Crippen molar-refractivity contribution < 1.29 is 0 Å². The molecule has 0 bridgehead atoms. The van der Waals surface area contributed by atoms with E-state index in [0.717, 1.165) is 29.9 Å². The Balaban J connectivity index is 2.03. The smallest absolute Gasteiger partial charge is 0.0381 e. The molecule has 0 heterocycles. The number of hydrogen-bond acceptors (Lipinski definition) is 2. The molecule has 0 saturated carbocycles. The summed E-state index contributed by atoms with van der Waals surface area (Å²) in [5.41, 5.74) is 3.36. The van der Waals surface area contributed by atoms with Gasteiger partial charge in [-0.25, -0.2) is 0 Å². The molecular weight excluding hydrogens is 232 g/mol. The highest BCUT2D eigenvalue weighted by Gasteiger charge is 1.97. The van der Waals surface area contributed by atoms with E-state index in [1.165, 1.54) is 25.7 Å². The molecule has 0 spiro atoms. The molecule has 0 atom stereocenters. The van der Waals surface area contributed by atoms with Crippen molar-refractivity contribution in [3.63, 3.8) is 0 Å². The van der Waals surface area contributed by atoms with Crippen molar-refractivity contribution in [2.45, 2.75) is 38.5 Å². The molecule has 0 aliphatic carbocycles. The van der Waals surface area contributed by atoms with Crippen molar-refractivity contribution in [2.24, 2.45) is 0 Å². The quantitative estimate of drug-likeness (QED) is 0.595. The Morgan fingerprint density at radius 3 is 2.05 bits per heavy atom. The molecule has 0 aromatic heterocycles. The zero-order chi connectivity index (χ0) is 13.9. The number of unbranched alkanes of at least 4 members (excludes halogenated alkanes) is 3. The van der Waals surface area contributed by atoms with Gasteiger partial charge in [0.2, 0.25) is 0 Å². The lowest BCUT2D eigenvalue weighted by Gasteiger charge is -2.09. The number of rotatable bonds is 10. The maximum absolute atomic E-state index is 4.07. The maximum atomic E-state index is 4.07. The van der Waals surface area contributed by atoms with Crippen LogP contribution in [0.15, 0.2) is 54.9 Å². The first-order chi connectivity index (χ1) is 9.22. The minimum atomic E-state index is 1.04. The second-order valence-corrected chi connectivity index (χ2v) is 4.86. The molecule has 104 valence electrons. The highest BCUT2D eigenvalue weighted by atomic mass is 14.9. The Morgan fingerprint density at radius 2 is 1.47 bits per heavy atom. The molecule has 2 nitrogen and oxygen atoms in total. The van der Waals surface area contributed by atoms with E-state index in [1.54, 1.807) is 0 Å². The Kier molecular flexibility index (Phi) is 7.48. The SMILES string of the molecule is C=C(CCCCCCC(=C)Nc1ccccc1)NC. The number of para-hydroxylation sites is 1. The first-order valence-electron chi connectivity index (χ1n) is 7.07. The number of anilines is 1. The predicted octanol–water partition coefficient (Wildman–Crippen LogP) is 4.69. The van der Waals surface area contributed by atoms with Crippen molar-refractivity contribution in [3.8, 4) is 0 Å². The van der Waals surface area contributed by atoms with Crippen LogP contribution in [0.5, 0.6) is 0 Å². The highest BCUT2D eigenvalue weighted by molar-refractivity contribution is 5.47. The van der Waals surface area contributed by atoms with Gasteiger partial charge in [0.15, 0.2) is 0 Å². The molecule has 0 saturated heterocycles. The Labute approximate surface area is 117 Å². The lowest BCUT2D eigenvalue weighted by molar-refractivity contribution is 0.629. The largest absolute Gasteiger partial charge is 0.392 e. The topological polar surface area (TPSA) is 24.1 Å². The normalized spacial score (nSPS) is 9.95. The van der Waals surface area contributed by atoms with Crippen molar-refractivity contribution in [1.82, 2.24) is 5.32 Å². The Morgan fingerprint density at radius 1 is 0.895 bits per heavy atom. The van der Waals surface area contributed by atoms with Gasteiger partial charge in [-0.1, -0.05) is 44.2 Å². The van der Waals surface area contributed by atoms with Gasteiger partial charge in [-0.05, 0) is 37.8 Å². The standard InChI is InChI=1S/C17H26N2/c1-15(18-3)11-7-4-5-8-12-16(2)19-17-13-9-6-10-14-17/h6,9-10,13-14,18-19H,1-2,4-5,7-8,11-12H2,3H3. The maximum Gasteiger partial charge on any atom is 0.0381 e.